The maximum atomic E-state index is 13.6. The summed E-state index contributed by atoms with van der Waals surface area (Å²) in [5, 5.41) is 8.36. The van der Waals surface area contributed by atoms with Crippen LogP contribution in [0.15, 0.2) is 53.3 Å². The van der Waals surface area contributed by atoms with E-state index in [4.69, 9.17) is 11.6 Å². The monoisotopic (exact) mass is 515 g/mol. The van der Waals surface area contributed by atoms with Crippen LogP contribution in [-0.4, -0.2) is 32.0 Å². The van der Waals surface area contributed by atoms with Gasteiger partial charge in [0.25, 0.3) is 5.56 Å². The van der Waals surface area contributed by atoms with Crippen LogP contribution < -0.4 is 21.5 Å². The average Bonchev–Trinajstić information content (AvgIpc) is 2.84. The normalized spacial score (nSPS) is 14.1. The number of anilines is 3. The molecule has 0 saturated carbocycles. The number of fused-ring (bicyclic) bond motifs is 2. The lowest BCUT2D eigenvalue weighted by Gasteiger charge is -2.25. The molecule has 5 rings (SSSR count). The fourth-order valence-corrected chi connectivity index (χ4v) is 4.13. The lowest BCUT2D eigenvalue weighted by atomic mass is 10.2. The predicted molar refractivity (Wildman–Crippen MR) is 129 cm³/mol. The van der Waals surface area contributed by atoms with Gasteiger partial charge in [0, 0.05) is 0 Å². The number of rotatable bonds is 4. The first-order valence-electron chi connectivity index (χ1n) is 10.7. The molecule has 3 heterocycles. The van der Waals surface area contributed by atoms with Crippen molar-refractivity contribution < 1.29 is 18.0 Å². The van der Waals surface area contributed by atoms with Crippen molar-refractivity contribution in [2.45, 2.75) is 19.1 Å². The smallest absolute Gasteiger partial charge is 0.359 e. The number of amides is 1. The number of nitrogens with one attached hydrogen (secondary N) is 3. The Balaban J connectivity index is 1.68. The van der Waals surface area contributed by atoms with Gasteiger partial charge in [-0.15, -0.1) is 0 Å². The maximum Gasteiger partial charge on any atom is 0.451 e. The highest BCUT2D eigenvalue weighted by molar-refractivity contribution is 6.35. The number of carbonyl (C=O) groups is 1. The summed E-state index contributed by atoms with van der Waals surface area (Å²) in [5.74, 6) is -2.12. The van der Waals surface area contributed by atoms with E-state index in [0.717, 1.165) is 0 Å². The zero-order chi connectivity index (χ0) is 25.6. The summed E-state index contributed by atoms with van der Waals surface area (Å²) in [6, 6.07) is 12.6. The molecule has 184 valence electrons. The molecule has 36 heavy (non-hydrogen) atoms. The third-order valence-corrected chi connectivity index (χ3v) is 5.79. The Labute approximate surface area is 206 Å². The van der Waals surface area contributed by atoms with Gasteiger partial charge in [0.2, 0.25) is 11.7 Å². The summed E-state index contributed by atoms with van der Waals surface area (Å²) in [5.41, 5.74) is 0.315. The molecule has 0 bridgehead atoms. The number of benzene rings is 2. The molecule has 9 nitrogen and oxygen atoms in total. The zero-order valence-corrected chi connectivity index (χ0v) is 19.3. The standard InChI is InChI=1S/C23H17ClF3N7O2/c1-11(29-19-17-18(28-10-15(35)31-17)32-22(33-19)23(25,26)27)20-30-14-9-5-8-13(24)16(14)21(36)34(20)12-6-3-2-4-7-12/h2-9,11H,10H2,1H3,(H,31,35)(H2,28,29,32,33)/t11-/m0/s1. The Kier molecular flexibility index (Phi) is 5.75. The van der Waals surface area contributed by atoms with Crippen LogP contribution in [0.5, 0.6) is 0 Å². The summed E-state index contributed by atoms with van der Waals surface area (Å²) in [6.45, 7) is 1.37. The summed E-state index contributed by atoms with van der Waals surface area (Å²) in [6.07, 6.45) is -4.83. The quantitative estimate of drug-likeness (QED) is 0.369. The van der Waals surface area contributed by atoms with Gasteiger partial charge < -0.3 is 16.0 Å². The van der Waals surface area contributed by atoms with Crippen LogP contribution >= 0.6 is 11.6 Å². The van der Waals surface area contributed by atoms with E-state index in [2.05, 4.69) is 30.9 Å². The van der Waals surface area contributed by atoms with Crippen molar-refractivity contribution >= 4 is 45.7 Å². The van der Waals surface area contributed by atoms with Crippen LogP contribution in [0.25, 0.3) is 16.6 Å². The van der Waals surface area contributed by atoms with Gasteiger partial charge in [-0.3, -0.25) is 14.2 Å². The number of halogens is 4. The number of hydrogen-bond donors (Lipinski definition) is 3. The van der Waals surface area contributed by atoms with E-state index in [1.807, 2.05) is 0 Å². The second-order valence-electron chi connectivity index (χ2n) is 7.97. The second kappa shape index (κ2) is 8.79. The van der Waals surface area contributed by atoms with Gasteiger partial charge in [-0.25, -0.2) is 15.0 Å². The molecule has 1 aliphatic rings. The summed E-state index contributed by atoms with van der Waals surface area (Å²) in [7, 11) is 0. The van der Waals surface area contributed by atoms with Crippen LogP contribution in [0.4, 0.5) is 30.5 Å². The predicted octanol–water partition coefficient (Wildman–Crippen LogP) is 4.39. The molecule has 0 unspecified atom stereocenters. The third kappa shape index (κ3) is 4.19. The lowest BCUT2D eigenvalue weighted by Crippen LogP contribution is -2.31. The minimum absolute atomic E-state index is 0.0384. The molecule has 0 saturated heterocycles. The molecule has 1 amide bonds. The summed E-state index contributed by atoms with van der Waals surface area (Å²) in [4.78, 5) is 37.2. The number of hydrogen-bond acceptors (Lipinski definition) is 7. The van der Waals surface area contributed by atoms with Crippen LogP contribution in [0, 0.1) is 0 Å². The first-order chi connectivity index (χ1) is 17.1. The highest BCUT2D eigenvalue weighted by atomic mass is 35.5. The fourth-order valence-electron chi connectivity index (χ4n) is 3.88. The van der Waals surface area contributed by atoms with E-state index in [1.54, 1.807) is 55.5 Å². The van der Waals surface area contributed by atoms with Crippen molar-refractivity contribution in [2.24, 2.45) is 0 Å². The number of aromatic nitrogens is 4. The summed E-state index contributed by atoms with van der Waals surface area (Å²) < 4.78 is 41.8. The minimum Gasteiger partial charge on any atom is -0.359 e. The van der Waals surface area contributed by atoms with Crippen molar-refractivity contribution in [3.8, 4) is 5.69 Å². The molecule has 4 aromatic rings. The lowest BCUT2D eigenvalue weighted by molar-refractivity contribution is -0.144. The Morgan fingerprint density at radius 1 is 1.06 bits per heavy atom. The van der Waals surface area contributed by atoms with Gasteiger partial charge in [0.05, 0.1) is 34.2 Å². The van der Waals surface area contributed by atoms with E-state index in [0.29, 0.717) is 11.2 Å². The fraction of sp³-hybridized carbons (Fsp3) is 0.174. The molecule has 1 aliphatic heterocycles. The molecule has 0 radical (unpaired) electrons. The van der Waals surface area contributed by atoms with Crippen molar-refractivity contribution in [1.82, 2.24) is 19.5 Å². The van der Waals surface area contributed by atoms with Gasteiger partial charge in [0.15, 0.2) is 11.6 Å². The first kappa shape index (κ1) is 23.5. The van der Waals surface area contributed by atoms with Gasteiger partial charge in [0.1, 0.15) is 11.5 Å². The summed E-state index contributed by atoms with van der Waals surface area (Å²) >= 11 is 6.30. The average molecular weight is 516 g/mol. The molecule has 0 aliphatic carbocycles. The Bertz CT molecular complexity index is 1560. The zero-order valence-electron chi connectivity index (χ0n) is 18.5. The van der Waals surface area contributed by atoms with Crippen LogP contribution in [-0.2, 0) is 11.0 Å². The molecule has 0 fully saturated rings. The van der Waals surface area contributed by atoms with E-state index in [1.165, 1.54) is 4.57 Å². The second-order valence-corrected chi connectivity index (χ2v) is 8.37. The molecule has 0 spiro atoms. The highest BCUT2D eigenvalue weighted by Crippen LogP contribution is 2.36. The van der Waals surface area contributed by atoms with Crippen molar-refractivity contribution in [3.05, 3.63) is 75.6 Å². The number of para-hydroxylation sites is 1. The van der Waals surface area contributed by atoms with E-state index < -0.39 is 29.5 Å². The Hall–Kier alpha value is -4.19. The van der Waals surface area contributed by atoms with Gasteiger partial charge in [-0.1, -0.05) is 35.9 Å². The topological polar surface area (TPSA) is 114 Å². The van der Waals surface area contributed by atoms with E-state index in [9.17, 15) is 22.8 Å². The maximum absolute atomic E-state index is 13.6. The van der Waals surface area contributed by atoms with E-state index >= 15 is 0 Å². The Morgan fingerprint density at radius 3 is 2.53 bits per heavy atom. The van der Waals surface area contributed by atoms with Crippen LogP contribution in [0.1, 0.15) is 24.6 Å². The molecular weight excluding hydrogens is 499 g/mol. The first-order valence-corrected chi connectivity index (χ1v) is 11.1. The highest BCUT2D eigenvalue weighted by Gasteiger charge is 2.37. The Morgan fingerprint density at radius 2 is 1.81 bits per heavy atom. The molecule has 1 atom stereocenters. The molecule has 2 aromatic heterocycles. The molecular formula is C23H17ClF3N7O2. The van der Waals surface area contributed by atoms with E-state index in [-0.39, 0.29) is 40.1 Å². The number of carbonyl (C=O) groups excluding carboxylic acids is 1. The van der Waals surface area contributed by atoms with Crippen LogP contribution in [0.2, 0.25) is 5.02 Å². The largest absolute Gasteiger partial charge is 0.451 e. The van der Waals surface area contributed by atoms with Gasteiger partial charge in [-0.05, 0) is 31.2 Å². The number of nitrogens with zero attached hydrogens (tertiary/aromatic N) is 4. The molecule has 2 aromatic carbocycles. The minimum atomic E-state index is -4.83. The molecule has 3 N–H and O–H groups in total. The van der Waals surface area contributed by atoms with Gasteiger partial charge >= 0.3 is 6.18 Å². The van der Waals surface area contributed by atoms with Crippen molar-refractivity contribution in [3.63, 3.8) is 0 Å². The van der Waals surface area contributed by atoms with Crippen molar-refractivity contribution in [2.75, 3.05) is 22.5 Å². The number of alkyl halides is 3. The molecule has 13 heteroatoms. The van der Waals surface area contributed by atoms with Crippen molar-refractivity contribution in [1.29, 1.82) is 0 Å². The van der Waals surface area contributed by atoms with Gasteiger partial charge in [-0.2, -0.15) is 13.2 Å². The SMILES string of the molecule is C[C@H](Nc1nc(C(F)(F)F)nc2c1NC(=O)CN2)c1nc2cccc(Cl)c2c(=O)n1-c1ccccc1. The third-order valence-electron chi connectivity index (χ3n) is 5.47. The van der Waals surface area contributed by atoms with Crippen LogP contribution in [0.3, 0.4) is 0 Å².